The number of aromatic nitrogens is 2. The molecule has 34 heavy (non-hydrogen) atoms. The van der Waals surface area contributed by atoms with Gasteiger partial charge < -0.3 is 26.0 Å². The van der Waals surface area contributed by atoms with Crippen molar-refractivity contribution in [3.8, 4) is 12.3 Å². The highest BCUT2D eigenvalue weighted by Gasteiger charge is 2.21. The van der Waals surface area contributed by atoms with Crippen LogP contribution < -0.4 is 21.5 Å². The topological polar surface area (TPSA) is 158 Å². The number of hydrogen-bond acceptors (Lipinski definition) is 6. The molecule has 0 aliphatic carbocycles. The number of nitrogens with one attached hydrogen (secondary N) is 2. The highest BCUT2D eigenvalue weighted by Crippen LogP contribution is 2.19. The molecule has 0 unspecified atom stereocenters. The van der Waals surface area contributed by atoms with E-state index < -0.39 is 23.8 Å². The summed E-state index contributed by atoms with van der Waals surface area (Å²) < 4.78 is 0. The zero-order valence-electron chi connectivity index (χ0n) is 18.2. The van der Waals surface area contributed by atoms with Gasteiger partial charge in [-0.1, -0.05) is 12.0 Å². The number of anilines is 1. The molecule has 0 fully saturated rings. The second-order valence-electron chi connectivity index (χ2n) is 7.56. The quantitative estimate of drug-likeness (QED) is 0.328. The highest BCUT2D eigenvalue weighted by molar-refractivity contribution is 5.97. The molecule has 1 atom stereocenters. The van der Waals surface area contributed by atoms with E-state index in [0.29, 0.717) is 17.4 Å². The molecular formula is C24H23N5O5. The first-order chi connectivity index (χ1) is 16.3. The number of amides is 2. The van der Waals surface area contributed by atoms with Gasteiger partial charge in [0.15, 0.2) is 0 Å². The molecule has 0 saturated carbocycles. The first-order valence-corrected chi connectivity index (χ1v) is 10.3. The summed E-state index contributed by atoms with van der Waals surface area (Å²) in [6.45, 7) is 0.690. The molecule has 0 radical (unpaired) electrons. The Morgan fingerprint density at radius 3 is 2.59 bits per heavy atom. The summed E-state index contributed by atoms with van der Waals surface area (Å²) in [4.78, 5) is 55.4. The lowest BCUT2D eigenvalue weighted by Crippen LogP contribution is -2.41. The third-order valence-corrected chi connectivity index (χ3v) is 5.14. The molecule has 0 saturated heterocycles. The van der Waals surface area contributed by atoms with Crippen molar-refractivity contribution < 1.29 is 19.5 Å². The van der Waals surface area contributed by atoms with Gasteiger partial charge in [0, 0.05) is 24.2 Å². The van der Waals surface area contributed by atoms with Gasteiger partial charge in [0.25, 0.3) is 11.5 Å². The van der Waals surface area contributed by atoms with E-state index in [1.54, 1.807) is 36.4 Å². The zero-order chi connectivity index (χ0) is 24.7. The van der Waals surface area contributed by atoms with Crippen molar-refractivity contribution in [3.63, 3.8) is 0 Å². The zero-order valence-corrected chi connectivity index (χ0v) is 18.2. The highest BCUT2D eigenvalue weighted by atomic mass is 16.4. The normalized spacial score (nSPS) is 11.4. The Balaban J connectivity index is 1.75. The van der Waals surface area contributed by atoms with Crippen LogP contribution in [0.4, 0.5) is 5.69 Å². The van der Waals surface area contributed by atoms with Gasteiger partial charge in [-0.3, -0.25) is 14.4 Å². The van der Waals surface area contributed by atoms with Crippen LogP contribution in [0.2, 0.25) is 0 Å². The first kappa shape index (κ1) is 24.0. The average molecular weight is 461 g/mol. The summed E-state index contributed by atoms with van der Waals surface area (Å²) in [6.07, 6.45) is 6.63. The number of rotatable bonds is 10. The Hall–Kier alpha value is -4.65. The second kappa shape index (κ2) is 10.8. The van der Waals surface area contributed by atoms with E-state index >= 15 is 0 Å². The Morgan fingerprint density at radius 2 is 1.94 bits per heavy atom. The Labute approximate surface area is 194 Å². The van der Waals surface area contributed by atoms with Gasteiger partial charge in [0.2, 0.25) is 5.91 Å². The Bertz CT molecular complexity index is 1310. The van der Waals surface area contributed by atoms with Crippen LogP contribution in [-0.4, -0.2) is 45.4 Å². The van der Waals surface area contributed by atoms with E-state index in [0.717, 1.165) is 11.3 Å². The fourth-order valence-corrected chi connectivity index (χ4v) is 3.39. The SMILES string of the molecule is C#CCN(Cc1ccc2nc[nH]c(=O)c2c1)c1ccc(C(=O)N[C@@H](CCC(N)=O)C(=O)O)cc1. The van der Waals surface area contributed by atoms with E-state index in [9.17, 15) is 24.3 Å². The number of nitrogens with two attached hydrogens (primary N) is 1. The number of terminal acetylenes is 1. The van der Waals surface area contributed by atoms with E-state index in [2.05, 4.69) is 21.2 Å². The number of carbonyl (C=O) groups is 3. The van der Waals surface area contributed by atoms with Crippen LogP contribution in [0.25, 0.3) is 10.9 Å². The second-order valence-corrected chi connectivity index (χ2v) is 7.56. The van der Waals surface area contributed by atoms with Crippen molar-refractivity contribution in [2.24, 2.45) is 5.73 Å². The van der Waals surface area contributed by atoms with E-state index in [-0.39, 0.29) is 30.5 Å². The van der Waals surface area contributed by atoms with E-state index in [1.165, 1.54) is 6.33 Å². The monoisotopic (exact) mass is 461 g/mol. The van der Waals surface area contributed by atoms with Gasteiger partial charge in [0.05, 0.1) is 23.8 Å². The smallest absolute Gasteiger partial charge is 0.326 e. The number of carbonyl (C=O) groups excluding carboxylic acids is 2. The predicted molar refractivity (Wildman–Crippen MR) is 126 cm³/mol. The van der Waals surface area contributed by atoms with Crippen molar-refractivity contribution in [1.29, 1.82) is 0 Å². The number of fused-ring (bicyclic) bond motifs is 1. The molecular weight excluding hydrogens is 438 g/mol. The fraction of sp³-hybridized carbons (Fsp3) is 0.208. The largest absolute Gasteiger partial charge is 0.480 e. The van der Waals surface area contributed by atoms with Gasteiger partial charge in [-0.15, -0.1) is 6.42 Å². The van der Waals surface area contributed by atoms with Crippen LogP contribution in [0, 0.1) is 12.3 Å². The lowest BCUT2D eigenvalue weighted by Gasteiger charge is -2.23. The molecule has 10 heteroatoms. The van der Waals surface area contributed by atoms with Crippen LogP contribution in [0.5, 0.6) is 0 Å². The summed E-state index contributed by atoms with van der Waals surface area (Å²) in [5.74, 6) is 0.107. The van der Waals surface area contributed by atoms with Crippen LogP contribution in [0.1, 0.15) is 28.8 Å². The molecule has 2 aromatic carbocycles. The molecule has 5 N–H and O–H groups in total. The van der Waals surface area contributed by atoms with Crippen LogP contribution in [0.3, 0.4) is 0 Å². The standard InChI is InChI=1S/C24H23N5O5/c1-2-11-29(13-15-3-8-19-18(12-15)23(32)27-14-26-19)17-6-4-16(5-7-17)22(31)28-20(24(33)34)9-10-21(25)30/h1,3-8,12,14,20H,9-11,13H2,(H2,25,30)(H,28,31)(H,33,34)(H,26,27,32)/t20-/m0/s1. The molecule has 3 rings (SSSR count). The number of aromatic amines is 1. The number of carboxylic acid groups (broad SMARTS) is 1. The number of H-pyrrole nitrogens is 1. The van der Waals surface area contributed by atoms with Crippen molar-refractivity contribution in [1.82, 2.24) is 15.3 Å². The summed E-state index contributed by atoms with van der Waals surface area (Å²) in [5.41, 5.74) is 7.24. The van der Waals surface area contributed by atoms with Gasteiger partial charge in [-0.25, -0.2) is 9.78 Å². The molecule has 0 spiro atoms. The minimum absolute atomic E-state index is 0.103. The van der Waals surface area contributed by atoms with Crippen LogP contribution in [0.15, 0.2) is 53.6 Å². The minimum Gasteiger partial charge on any atom is -0.480 e. The molecule has 1 aromatic heterocycles. The fourth-order valence-electron chi connectivity index (χ4n) is 3.39. The number of primary amides is 1. The van der Waals surface area contributed by atoms with Crippen LogP contribution in [-0.2, 0) is 16.1 Å². The molecule has 0 aliphatic heterocycles. The summed E-state index contributed by atoms with van der Waals surface area (Å²) in [6, 6.07) is 10.6. The van der Waals surface area contributed by atoms with Crippen LogP contribution >= 0.6 is 0 Å². The van der Waals surface area contributed by atoms with Gasteiger partial charge in [0.1, 0.15) is 6.04 Å². The Kier molecular flexibility index (Phi) is 7.61. The molecule has 174 valence electrons. The lowest BCUT2D eigenvalue weighted by molar-refractivity contribution is -0.139. The molecule has 10 nitrogen and oxygen atoms in total. The van der Waals surface area contributed by atoms with Crippen molar-refractivity contribution in [2.45, 2.75) is 25.4 Å². The van der Waals surface area contributed by atoms with Crippen molar-refractivity contribution >= 4 is 34.4 Å². The van der Waals surface area contributed by atoms with E-state index in [1.807, 2.05) is 11.0 Å². The summed E-state index contributed by atoms with van der Waals surface area (Å²) >= 11 is 0. The van der Waals surface area contributed by atoms with Gasteiger partial charge in [-0.05, 0) is 48.4 Å². The van der Waals surface area contributed by atoms with Gasteiger partial charge >= 0.3 is 5.97 Å². The van der Waals surface area contributed by atoms with Crippen molar-refractivity contribution in [2.75, 3.05) is 11.4 Å². The molecule has 3 aromatic rings. The number of aliphatic carboxylic acids is 1. The lowest BCUT2D eigenvalue weighted by atomic mass is 10.1. The molecule has 1 heterocycles. The number of hydrogen-bond donors (Lipinski definition) is 4. The van der Waals surface area contributed by atoms with E-state index in [4.69, 9.17) is 12.2 Å². The Morgan fingerprint density at radius 1 is 1.21 bits per heavy atom. The number of benzene rings is 2. The third-order valence-electron chi connectivity index (χ3n) is 5.14. The summed E-state index contributed by atoms with van der Waals surface area (Å²) in [5, 5.41) is 12.1. The van der Waals surface area contributed by atoms with Crippen molar-refractivity contribution in [3.05, 3.63) is 70.3 Å². The summed E-state index contributed by atoms with van der Waals surface area (Å²) in [7, 11) is 0. The van der Waals surface area contributed by atoms with Gasteiger partial charge in [-0.2, -0.15) is 0 Å². The maximum absolute atomic E-state index is 12.5. The predicted octanol–water partition coefficient (Wildman–Crippen LogP) is 1.01. The molecule has 0 bridgehead atoms. The minimum atomic E-state index is -1.25. The number of nitrogens with zero attached hydrogens (tertiary/aromatic N) is 2. The molecule has 0 aliphatic rings. The maximum Gasteiger partial charge on any atom is 0.326 e. The number of carboxylic acids is 1. The first-order valence-electron chi connectivity index (χ1n) is 10.3. The maximum atomic E-state index is 12.5. The third kappa shape index (κ3) is 5.98. The average Bonchev–Trinajstić information content (AvgIpc) is 2.81. The molecule has 2 amide bonds.